The van der Waals surface area contributed by atoms with Crippen LogP contribution in [0.2, 0.25) is 0 Å². The van der Waals surface area contributed by atoms with Crippen LogP contribution in [-0.4, -0.2) is 23.7 Å². The number of carbonyl (C=O) groups excluding carboxylic acids is 2. The van der Waals surface area contributed by atoms with Crippen molar-refractivity contribution in [3.8, 4) is 0 Å². The van der Waals surface area contributed by atoms with E-state index in [4.69, 9.17) is 5.11 Å². The first kappa shape index (κ1) is 13.9. The first-order valence-electron chi connectivity index (χ1n) is 5.64. The Hall–Kier alpha value is -2.14. The fourth-order valence-corrected chi connectivity index (χ4v) is 1.29. The first-order chi connectivity index (χ1) is 8.65. The highest BCUT2D eigenvalue weighted by Crippen LogP contribution is 2.11. The predicted octanol–water partition coefficient (Wildman–Crippen LogP) is 1.75. The molecule has 0 radical (unpaired) electrons. The first-order valence-corrected chi connectivity index (χ1v) is 5.64. The third-order valence-electron chi connectivity index (χ3n) is 2.13. The Kier molecular flexibility index (Phi) is 5.60. The van der Waals surface area contributed by atoms with Gasteiger partial charge in [-0.2, -0.15) is 0 Å². The van der Waals surface area contributed by atoms with E-state index in [1.54, 1.807) is 37.3 Å². The van der Waals surface area contributed by atoms with Gasteiger partial charge in [-0.15, -0.1) is 0 Å². The zero-order valence-corrected chi connectivity index (χ0v) is 10.1. The Morgan fingerprint density at radius 1 is 1.39 bits per heavy atom. The van der Waals surface area contributed by atoms with E-state index in [0.29, 0.717) is 5.69 Å². The van der Waals surface area contributed by atoms with Gasteiger partial charge in [0, 0.05) is 12.1 Å². The molecule has 0 saturated heterocycles. The Labute approximate surface area is 106 Å². The molecule has 0 fully saturated rings. The molecule has 0 aliphatic carbocycles. The van der Waals surface area contributed by atoms with Crippen molar-refractivity contribution < 1.29 is 14.7 Å². The lowest BCUT2D eigenvalue weighted by Crippen LogP contribution is -2.33. The summed E-state index contributed by atoms with van der Waals surface area (Å²) >= 11 is 0. The summed E-state index contributed by atoms with van der Waals surface area (Å²) < 4.78 is 0. The molecule has 0 heterocycles. The third-order valence-corrected chi connectivity index (χ3v) is 2.13. The van der Waals surface area contributed by atoms with Crippen LogP contribution in [0, 0.1) is 0 Å². The van der Waals surface area contributed by atoms with Crippen molar-refractivity contribution in [3.63, 3.8) is 0 Å². The summed E-state index contributed by atoms with van der Waals surface area (Å²) in [4.78, 5) is 22.4. The number of aliphatic hydroxyl groups excluding tert-OH is 1. The van der Waals surface area contributed by atoms with Crippen molar-refractivity contribution in [3.05, 3.63) is 35.9 Å². The van der Waals surface area contributed by atoms with Gasteiger partial charge in [0.15, 0.2) is 0 Å². The molecule has 0 spiro atoms. The molecule has 1 rings (SSSR count). The van der Waals surface area contributed by atoms with Crippen LogP contribution in [0.15, 0.2) is 30.3 Å². The molecule has 5 heteroatoms. The molecule has 5 nitrogen and oxygen atoms in total. The van der Waals surface area contributed by atoms with Gasteiger partial charge in [-0.25, -0.2) is 4.79 Å². The Morgan fingerprint density at radius 3 is 2.83 bits per heavy atom. The highest BCUT2D eigenvalue weighted by molar-refractivity contribution is 6.01. The number of rotatable bonds is 4. The van der Waals surface area contributed by atoms with Crippen LogP contribution < -0.4 is 10.6 Å². The second kappa shape index (κ2) is 7.24. The van der Waals surface area contributed by atoms with E-state index in [2.05, 4.69) is 10.6 Å². The van der Waals surface area contributed by atoms with Gasteiger partial charge in [0.25, 0.3) is 0 Å². The van der Waals surface area contributed by atoms with Crippen molar-refractivity contribution in [1.82, 2.24) is 5.32 Å². The number of carbonyl (C=O) groups is 2. The Bertz CT molecular complexity index is 455. The van der Waals surface area contributed by atoms with Crippen LogP contribution in [0.5, 0.6) is 0 Å². The van der Waals surface area contributed by atoms with E-state index in [0.717, 1.165) is 5.56 Å². The summed E-state index contributed by atoms with van der Waals surface area (Å²) in [6, 6.07) is 6.51. The van der Waals surface area contributed by atoms with E-state index in [-0.39, 0.29) is 18.9 Å². The average Bonchev–Trinajstić information content (AvgIpc) is 2.36. The van der Waals surface area contributed by atoms with Crippen molar-refractivity contribution in [2.45, 2.75) is 13.3 Å². The van der Waals surface area contributed by atoms with Gasteiger partial charge in [-0.3, -0.25) is 10.1 Å². The molecule has 0 aliphatic rings. The van der Waals surface area contributed by atoms with Gasteiger partial charge in [0.1, 0.15) is 0 Å². The molecule has 0 aromatic heterocycles. The topological polar surface area (TPSA) is 78.4 Å². The molecular formula is C13H16N2O3. The van der Waals surface area contributed by atoms with Gasteiger partial charge in [-0.05, 0) is 17.7 Å². The standard InChI is InChI=1S/C13H16N2O3/c1-2-12(17)15-13(18)14-11-7-3-5-10(9-11)6-4-8-16/h3-7,9,16H,2,8H2,1H3,(H2,14,15,17,18). The number of imide groups is 1. The second-order valence-electron chi connectivity index (χ2n) is 3.57. The number of hydrogen-bond donors (Lipinski definition) is 3. The number of hydrogen-bond acceptors (Lipinski definition) is 3. The monoisotopic (exact) mass is 248 g/mol. The molecule has 18 heavy (non-hydrogen) atoms. The van der Waals surface area contributed by atoms with Crippen LogP contribution in [0.3, 0.4) is 0 Å². The lowest BCUT2D eigenvalue weighted by atomic mass is 10.2. The molecule has 0 saturated carbocycles. The fraction of sp³-hybridized carbons (Fsp3) is 0.231. The van der Waals surface area contributed by atoms with Gasteiger partial charge in [0.2, 0.25) is 5.91 Å². The van der Waals surface area contributed by atoms with Crippen molar-refractivity contribution >= 4 is 23.7 Å². The molecule has 0 atom stereocenters. The minimum Gasteiger partial charge on any atom is -0.392 e. The highest BCUT2D eigenvalue weighted by atomic mass is 16.2. The molecule has 0 aliphatic heterocycles. The minimum atomic E-state index is -0.551. The molecule has 3 N–H and O–H groups in total. The van der Waals surface area contributed by atoms with E-state index in [1.165, 1.54) is 0 Å². The molecule has 0 unspecified atom stereocenters. The number of aliphatic hydroxyl groups is 1. The van der Waals surface area contributed by atoms with E-state index < -0.39 is 6.03 Å². The van der Waals surface area contributed by atoms with Crippen molar-refractivity contribution in [1.29, 1.82) is 0 Å². The van der Waals surface area contributed by atoms with Crippen LogP contribution in [-0.2, 0) is 4.79 Å². The lowest BCUT2D eigenvalue weighted by molar-refractivity contribution is -0.119. The van der Waals surface area contributed by atoms with E-state index in [9.17, 15) is 9.59 Å². The van der Waals surface area contributed by atoms with Crippen LogP contribution in [0.25, 0.3) is 6.08 Å². The number of benzene rings is 1. The molecule has 0 bridgehead atoms. The zero-order valence-electron chi connectivity index (χ0n) is 10.1. The normalized spacial score (nSPS) is 10.3. The largest absolute Gasteiger partial charge is 0.392 e. The third kappa shape index (κ3) is 4.80. The number of amides is 3. The predicted molar refractivity (Wildman–Crippen MR) is 70.0 cm³/mol. The number of anilines is 1. The SMILES string of the molecule is CCC(=O)NC(=O)Nc1cccc(C=CCO)c1. The zero-order chi connectivity index (χ0) is 13.4. The molecule has 1 aromatic carbocycles. The maximum atomic E-state index is 11.4. The quantitative estimate of drug-likeness (QED) is 0.759. The van der Waals surface area contributed by atoms with Gasteiger partial charge < -0.3 is 10.4 Å². The molecule has 96 valence electrons. The molecule has 1 aromatic rings. The molecule has 3 amide bonds. The summed E-state index contributed by atoms with van der Waals surface area (Å²) in [6.07, 6.45) is 3.59. The Morgan fingerprint density at radius 2 is 2.17 bits per heavy atom. The van der Waals surface area contributed by atoms with Gasteiger partial charge in [0.05, 0.1) is 6.61 Å². The number of urea groups is 1. The van der Waals surface area contributed by atoms with E-state index >= 15 is 0 Å². The van der Waals surface area contributed by atoms with Crippen LogP contribution >= 0.6 is 0 Å². The molecular weight excluding hydrogens is 232 g/mol. The number of nitrogens with one attached hydrogen (secondary N) is 2. The average molecular weight is 248 g/mol. The van der Waals surface area contributed by atoms with Crippen molar-refractivity contribution in [2.75, 3.05) is 11.9 Å². The van der Waals surface area contributed by atoms with Crippen LogP contribution in [0.4, 0.5) is 10.5 Å². The Balaban J connectivity index is 2.64. The van der Waals surface area contributed by atoms with Crippen molar-refractivity contribution in [2.24, 2.45) is 0 Å². The fourth-order valence-electron chi connectivity index (χ4n) is 1.29. The summed E-state index contributed by atoms with van der Waals surface area (Å²) in [5, 5.41) is 13.4. The van der Waals surface area contributed by atoms with Gasteiger partial charge in [-0.1, -0.05) is 31.2 Å². The maximum Gasteiger partial charge on any atom is 0.325 e. The summed E-state index contributed by atoms with van der Waals surface area (Å²) in [7, 11) is 0. The van der Waals surface area contributed by atoms with Gasteiger partial charge >= 0.3 is 6.03 Å². The lowest BCUT2D eigenvalue weighted by Gasteiger charge is -2.06. The summed E-state index contributed by atoms with van der Waals surface area (Å²) in [5.74, 6) is -0.330. The smallest absolute Gasteiger partial charge is 0.325 e. The highest BCUT2D eigenvalue weighted by Gasteiger charge is 2.05. The second-order valence-corrected chi connectivity index (χ2v) is 3.57. The maximum absolute atomic E-state index is 11.4. The summed E-state index contributed by atoms with van der Waals surface area (Å²) in [5.41, 5.74) is 1.43. The minimum absolute atomic E-state index is 0.0385. The van der Waals surface area contributed by atoms with Crippen LogP contribution in [0.1, 0.15) is 18.9 Å². The summed E-state index contributed by atoms with van der Waals surface area (Å²) in [6.45, 7) is 1.63. The van der Waals surface area contributed by atoms with E-state index in [1.807, 2.05) is 6.07 Å².